The first kappa shape index (κ1) is 17.2. The Hall–Kier alpha value is -0.120. The molecule has 3 nitrogen and oxygen atoms in total. The van der Waals surface area contributed by atoms with Gasteiger partial charge in [-0.05, 0) is 78.4 Å². The van der Waals surface area contributed by atoms with E-state index < -0.39 is 0 Å². The number of hydrogen-bond donors (Lipinski definition) is 1. The monoisotopic (exact) mass is 296 g/mol. The highest BCUT2D eigenvalue weighted by atomic mass is 16.5. The fourth-order valence-electron chi connectivity index (χ4n) is 4.23. The first-order valence-electron chi connectivity index (χ1n) is 8.84. The van der Waals surface area contributed by atoms with Crippen LogP contribution in [-0.4, -0.2) is 48.3 Å². The van der Waals surface area contributed by atoms with Crippen LogP contribution in [0, 0.1) is 11.8 Å². The van der Waals surface area contributed by atoms with E-state index in [1.54, 1.807) is 0 Å². The molecule has 0 radical (unpaired) electrons. The van der Waals surface area contributed by atoms with E-state index in [9.17, 15) is 0 Å². The van der Waals surface area contributed by atoms with Crippen molar-refractivity contribution in [3.8, 4) is 0 Å². The highest BCUT2D eigenvalue weighted by molar-refractivity contribution is 5.01. The van der Waals surface area contributed by atoms with Crippen molar-refractivity contribution in [3.05, 3.63) is 0 Å². The molecule has 2 aliphatic rings. The molecule has 0 bridgehead atoms. The minimum atomic E-state index is -0.0171. The van der Waals surface area contributed by atoms with Crippen LogP contribution < -0.4 is 5.32 Å². The third kappa shape index (κ3) is 4.67. The standard InChI is InChI=1S/C18H36N2O/c1-14(2)11-19-12-15-8-7-9-20(13-15)16-10-17(3,4)21-18(16,5)6/h14-16,19H,7-13H2,1-6H3. The van der Waals surface area contributed by atoms with Gasteiger partial charge in [-0.2, -0.15) is 0 Å². The van der Waals surface area contributed by atoms with Crippen LogP contribution in [0.2, 0.25) is 0 Å². The molecule has 2 unspecified atom stereocenters. The molecule has 2 heterocycles. The molecular formula is C18H36N2O. The summed E-state index contributed by atoms with van der Waals surface area (Å²) >= 11 is 0. The maximum absolute atomic E-state index is 6.29. The Bertz CT molecular complexity index is 338. The van der Waals surface area contributed by atoms with E-state index in [1.165, 1.54) is 32.5 Å². The summed E-state index contributed by atoms with van der Waals surface area (Å²) in [4.78, 5) is 2.71. The van der Waals surface area contributed by atoms with Gasteiger partial charge in [-0.3, -0.25) is 4.90 Å². The molecular weight excluding hydrogens is 260 g/mol. The molecule has 0 aromatic rings. The minimum absolute atomic E-state index is 0.0171. The zero-order valence-corrected chi connectivity index (χ0v) is 15.0. The van der Waals surface area contributed by atoms with E-state index >= 15 is 0 Å². The minimum Gasteiger partial charge on any atom is -0.368 e. The van der Waals surface area contributed by atoms with E-state index in [0.717, 1.165) is 24.8 Å². The second-order valence-electron chi connectivity index (χ2n) is 8.74. The zero-order chi connectivity index (χ0) is 15.7. The van der Waals surface area contributed by atoms with E-state index in [1.807, 2.05) is 0 Å². The van der Waals surface area contributed by atoms with Gasteiger partial charge in [0.2, 0.25) is 0 Å². The van der Waals surface area contributed by atoms with Crippen molar-refractivity contribution in [2.75, 3.05) is 26.2 Å². The highest BCUT2D eigenvalue weighted by Crippen LogP contribution is 2.41. The van der Waals surface area contributed by atoms with Crippen molar-refractivity contribution in [2.45, 2.75) is 78.0 Å². The summed E-state index contributed by atoms with van der Waals surface area (Å²) in [7, 11) is 0. The van der Waals surface area contributed by atoms with Crippen molar-refractivity contribution in [1.82, 2.24) is 10.2 Å². The molecule has 2 atom stereocenters. The van der Waals surface area contributed by atoms with Gasteiger partial charge < -0.3 is 10.1 Å². The summed E-state index contributed by atoms with van der Waals surface area (Å²) in [5.74, 6) is 1.55. The number of rotatable bonds is 5. The third-order valence-corrected chi connectivity index (χ3v) is 5.00. The topological polar surface area (TPSA) is 24.5 Å². The second kappa shape index (κ2) is 6.55. The van der Waals surface area contributed by atoms with Gasteiger partial charge in [0.25, 0.3) is 0 Å². The van der Waals surface area contributed by atoms with Crippen molar-refractivity contribution >= 4 is 0 Å². The fourth-order valence-corrected chi connectivity index (χ4v) is 4.23. The van der Waals surface area contributed by atoms with Gasteiger partial charge in [-0.15, -0.1) is 0 Å². The highest BCUT2D eigenvalue weighted by Gasteiger charge is 2.48. The van der Waals surface area contributed by atoms with Crippen molar-refractivity contribution in [2.24, 2.45) is 11.8 Å². The Balaban J connectivity index is 1.89. The summed E-state index contributed by atoms with van der Waals surface area (Å²) in [5.41, 5.74) is 0.00769. The predicted molar refractivity (Wildman–Crippen MR) is 89.7 cm³/mol. The van der Waals surface area contributed by atoms with Gasteiger partial charge in [0.05, 0.1) is 11.2 Å². The lowest BCUT2D eigenvalue weighted by Gasteiger charge is -2.41. The Labute approximate surface area is 131 Å². The first-order valence-corrected chi connectivity index (χ1v) is 8.84. The first-order chi connectivity index (χ1) is 9.70. The van der Waals surface area contributed by atoms with Crippen LogP contribution in [0.25, 0.3) is 0 Å². The number of ether oxygens (including phenoxy) is 1. The molecule has 0 aliphatic carbocycles. The average molecular weight is 296 g/mol. The van der Waals surface area contributed by atoms with Crippen LogP contribution in [0.15, 0.2) is 0 Å². The van der Waals surface area contributed by atoms with Crippen LogP contribution >= 0.6 is 0 Å². The third-order valence-electron chi connectivity index (χ3n) is 5.00. The van der Waals surface area contributed by atoms with Gasteiger partial charge in [0.1, 0.15) is 0 Å². The van der Waals surface area contributed by atoms with Gasteiger partial charge in [-0.1, -0.05) is 13.8 Å². The summed E-state index contributed by atoms with van der Waals surface area (Å²) in [5, 5.41) is 3.64. The Morgan fingerprint density at radius 3 is 2.52 bits per heavy atom. The molecule has 21 heavy (non-hydrogen) atoms. The lowest BCUT2D eigenvalue weighted by Crippen LogP contribution is -2.51. The smallest absolute Gasteiger partial charge is 0.0789 e. The summed E-state index contributed by atoms with van der Waals surface area (Å²) < 4.78 is 6.29. The molecule has 0 spiro atoms. The average Bonchev–Trinajstić information content (AvgIpc) is 2.57. The van der Waals surface area contributed by atoms with Gasteiger partial charge in [-0.25, -0.2) is 0 Å². The molecule has 1 N–H and O–H groups in total. The number of nitrogens with zero attached hydrogens (tertiary/aromatic N) is 1. The summed E-state index contributed by atoms with van der Waals surface area (Å²) in [6.45, 7) is 18.4. The van der Waals surface area contributed by atoms with Crippen molar-refractivity contribution in [3.63, 3.8) is 0 Å². The summed E-state index contributed by atoms with van der Waals surface area (Å²) in [6, 6.07) is 0.570. The van der Waals surface area contributed by atoms with Crippen LogP contribution in [0.5, 0.6) is 0 Å². The van der Waals surface area contributed by atoms with E-state index in [4.69, 9.17) is 4.74 Å². The number of piperidine rings is 1. The number of hydrogen-bond acceptors (Lipinski definition) is 3. The predicted octanol–water partition coefficient (Wildman–Crippen LogP) is 3.29. The van der Waals surface area contributed by atoms with E-state index in [2.05, 4.69) is 51.8 Å². The molecule has 2 fully saturated rings. The molecule has 2 saturated heterocycles. The second-order valence-corrected chi connectivity index (χ2v) is 8.74. The fraction of sp³-hybridized carbons (Fsp3) is 1.00. The normalized spacial score (nSPS) is 32.7. The molecule has 3 heteroatoms. The molecule has 0 saturated carbocycles. The summed E-state index contributed by atoms with van der Waals surface area (Å²) in [6.07, 6.45) is 3.87. The Morgan fingerprint density at radius 2 is 1.95 bits per heavy atom. The van der Waals surface area contributed by atoms with Crippen LogP contribution in [0.3, 0.4) is 0 Å². The van der Waals surface area contributed by atoms with Crippen molar-refractivity contribution in [1.29, 1.82) is 0 Å². The van der Waals surface area contributed by atoms with E-state index in [-0.39, 0.29) is 11.2 Å². The Morgan fingerprint density at radius 1 is 1.24 bits per heavy atom. The largest absolute Gasteiger partial charge is 0.368 e. The van der Waals surface area contributed by atoms with Crippen LogP contribution in [0.1, 0.15) is 60.8 Å². The van der Waals surface area contributed by atoms with Gasteiger partial charge in [0.15, 0.2) is 0 Å². The van der Waals surface area contributed by atoms with Gasteiger partial charge in [0, 0.05) is 12.6 Å². The molecule has 0 aromatic carbocycles. The molecule has 0 amide bonds. The van der Waals surface area contributed by atoms with Crippen LogP contribution in [-0.2, 0) is 4.74 Å². The SMILES string of the molecule is CC(C)CNCC1CCCN(C2CC(C)(C)OC2(C)C)C1. The number of nitrogens with one attached hydrogen (secondary N) is 1. The lowest BCUT2D eigenvalue weighted by molar-refractivity contribution is -0.0833. The Kier molecular flexibility index (Phi) is 5.38. The zero-order valence-electron chi connectivity index (χ0n) is 15.0. The van der Waals surface area contributed by atoms with Gasteiger partial charge >= 0.3 is 0 Å². The quantitative estimate of drug-likeness (QED) is 0.842. The lowest BCUT2D eigenvalue weighted by atomic mass is 9.89. The number of likely N-dealkylation sites (tertiary alicyclic amines) is 1. The molecule has 2 rings (SSSR count). The molecule has 0 aromatic heterocycles. The molecule has 2 aliphatic heterocycles. The van der Waals surface area contributed by atoms with Crippen LogP contribution in [0.4, 0.5) is 0 Å². The maximum atomic E-state index is 6.29. The van der Waals surface area contributed by atoms with E-state index in [0.29, 0.717) is 6.04 Å². The molecule has 124 valence electrons. The maximum Gasteiger partial charge on any atom is 0.0789 e. The van der Waals surface area contributed by atoms with Crippen molar-refractivity contribution < 1.29 is 4.74 Å².